The van der Waals surface area contributed by atoms with Gasteiger partial charge in [-0.1, -0.05) is 149 Å². The lowest BCUT2D eigenvalue weighted by Gasteiger charge is -2.36. The van der Waals surface area contributed by atoms with Crippen LogP contribution in [0.25, 0.3) is 0 Å². The number of nitrogens with zero attached hydrogens (tertiary/aromatic N) is 1. The minimum Gasteiger partial charge on any atom is -0.394 e. The summed E-state index contributed by atoms with van der Waals surface area (Å²) >= 11 is 0. The maximum Gasteiger partial charge on any atom is 0.426 e. The van der Waals surface area contributed by atoms with Crippen LogP contribution in [0.1, 0.15) is 181 Å². The highest BCUT2D eigenvalue weighted by atomic mass is 16.8. The quantitative estimate of drug-likeness (QED) is 0.0394. The van der Waals surface area contributed by atoms with Crippen molar-refractivity contribution in [1.82, 2.24) is 0 Å². The number of likely N-dealkylation sites (N-methyl/N-ethyl adjacent to an activating group) is 1. The minimum absolute atomic E-state index is 0.0227. The molecule has 0 atom stereocenters. The summed E-state index contributed by atoms with van der Waals surface area (Å²) in [7, 11) is 3.90. The third-order valence-electron chi connectivity index (χ3n) is 7.97. The summed E-state index contributed by atoms with van der Waals surface area (Å²) in [4.78, 5) is 25.2. The highest BCUT2D eigenvalue weighted by molar-refractivity contribution is 5.71. The summed E-state index contributed by atoms with van der Waals surface area (Å²) in [6, 6.07) is 0. The van der Waals surface area contributed by atoms with Gasteiger partial charge in [0.25, 0.3) is 0 Å². The summed E-state index contributed by atoms with van der Waals surface area (Å²) in [5.41, 5.74) is 0. The first-order valence-corrected chi connectivity index (χ1v) is 17.7. The number of carbonyl (C=O) groups is 2. The van der Waals surface area contributed by atoms with Crippen molar-refractivity contribution in [2.75, 3.05) is 27.2 Å². The van der Waals surface area contributed by atoms with Gasteiger partial charge in [0.15, 0.2) is 6.54 Å². The molecule has 0 aliphatic rings. The normalized spacial score (nSPS) is 12.0. The van der Waals surface area contributed by atoms with E-state index in [9.17, 15) is 14.7 Å². The predicted molar refractivity (Wildman–Crippen MR) is 171 cm³/mol. The van der Waals surface area contributed by atoms with E-state index in [1.165, 1.54) is 103 Å². The molecule has 244 valence electrons. The highest BCUT2D eigenvalue weighted by Gasteiger charge is 2.43. The third-order valence-corrected chi connectivity index (χ3v) is 7.97. The van der Waals surface area contributed by atoms with E-state index in [1.807, 2.05) is 14.1 Å². The molecular weight excluding hydrogens is 514 g/mol. The van der Waals surface area contributed by atoms with Crippen LogP contribution in [-0.2, 0) is 19.1 Å². The van der Waals surface area contributed by atoms with Gasteiger partial charge in [-0.25, -0.2) is 0 Å². The number of esters is 2. The first kappa shape index (κ1) is 39.9. The zero-order valence-corrected chi connectivity index (χ0v) is 28.1. The largest absolute Gasteiger partial charge is 0.426 e. The molecule has 6 nitrogen and oxygen atoms in total. The highest BCUT2D eigenvalue weighted by Crippen LogP contribution is 2.20. The molecule has 0 amide bonds. The van der Waals surface area contributed by atoms with Gasteiger partial charge in [-0.05, 0) is 19.3 Å². The standard InChI is InChI=1S/C35H70NO5/c1-6-9-11-13-15-17-19-21-23-25-27-29-33(37)40-35(39,32-36(4,5)31-8-3)41-34(38)30-28-26-24-22-20-18-16-14-12-10-7-2/h39H,6-32H2,1-5H3/q+1. The summed E-state index contributed by atoms with van der Waals surface area (Å²) < 4.78 is 11.3. The summed E-state index contributed by atoms with van der Waals surface area (Å²) in [6.07, 6.45) is 27.8. The van der Waals surface area contributed by atoms with Crippen molar-refractivity contribution in [3.8, 4) is 0 Å². The number of carbonyl (C=O) groups excluding carboxylic acids is 2. The van der Waals surface area contributed by atoms with Crippen molar-refractivity contribution in [2.24, 2.45) is 0 Å². The summed E-state index contributed by atoms with van der Waals surface area (Å²) in [6.45, 7) is 7.35. The van der Waals surface area contributed by atoms with Crippen molar-refractivity contribution in [2.45, 2.75) is 187 Å². The fraction of sp³-hybridized carbons (Fsp3) is 0.943. The molecule has 0 aromatic heterocycles. The molecule has 0 aromatic rings. The molecule has 0 fully saturated rings. The van der Waals surface area contributed by atoms with E-state index < -0.39 is 17.9 Å². The molecule has 0 saturated heterocycles. The van der Waals surface area contributed by atoms with Crippen molar-refractivity contribution in [3.63, 3.8) is 0 Å². The van der Waals surface area contributed by atoms with Crippen molar-refractivity contribution in [3.05, 3.63) is 0 Å². The lowest BCUT2D eigenvalue weighted by molar-refractivity contribution is -0.904. The van der Waals surface area contributed by atoms with Crippen LogP contribution in [-0.4, -0.2) is 54.7 Å². The average molecular weight is 585 g/mol. The van der Waals surface area contributed by atoms with Gasteiger partial charge in [-0.2, -0.15) is 0 Å². The molecule has 0 aliphatic carbocycles. The fourth-order valence-corrected chi connectivity index (χ4v) is 5.64. The van der Waals surface area contributed by atoms with Crippen LogP contribution in [0.15, 0.2) is 0 Å². The Balaban J connectivity index is 4.34. The van der Waals surface area contributed by atoms with Gasteiger partial charge in [0.2, 0.25) is 0 Å². The third kappa shape index (κ3) is 26.2. The average Bonchev–Trinajstić information content (AvgIpc) is 2.89. The zero-order valence-electron chi connectivity index (χ0n) is 28.1. The monoisotopic (exact) mass is 585 g/mol. The SMILES string of the molecule is CCCCCCCCCCCCCC(=O)OC(O)(C[N+](C)(C)CCC)OC(=O)CCCCCCCCCCCCC. The van der Waals surface area contributed by atoms with E-state index in [-0.39, 0.29) is 19.4 Å². The first-order chi connectivity index (χ1) is 19.7. The molecule has 0 aromatic carbocycles. The molecule has 0 rings (SSSR count). The van der Waals surface area contributed by atoms with Crippen LogP contribution in [0.3, 0.4) is 0 Å². The van der Waals surface area contributed by atoms with E-state index in [4.69, 9.17) is 9.47 Å². The number of aliphatic hydroxyl groups is 1. The molecule has 0 heterocycles. The van der Waals surface area contributed by atoms with Crippen molar-refractivity contribution in [1.29, 1.82) is 0 Å². The number of quaternary nitrogens is 1. The molecular formula is C35H70NO5+. The predicted octanol–water partition coefficient (Wildman–Crippen LogP) is 9.61. The first-order valence-electron chi connectivity index (χ1n) is 17.7. The molecule has 0 unspecified atom stereocenters. The molecule has 0 bridgehead atoms. The molecule has 41 heavy (non-hydrogen) atoms. The molecule has 0 saturated carbocycles. The van der Waals surface area contributed by atoms with E-state index in [0.29, 0.717) is 4.48 Å². The Kier molecular flexibility index (Phi) is 25.7. The van der Waals surface area contributed by atoms with Crippen LogP contribution in [0.5, 0.6) is 0 Å². The summed E-state index contributed by atoms with van der Waals surface area (Å²) in [5, 5.41) is 11.2. The Morgan fingerprint density at radius 3 is 1.10 bits per heavy atom. The number of ether oxygens (including phenoxy) is 2. The van der Waals surface area contributed by atoms with E-state index in [1.54, 1.807) is 0 Å². The Labute approximate surface area is 254 Å². The van der Waals surface area contributed by atoms with Crippen LogP contribution >= 0.6 is 0 Å². The van der Waals surface area contributed by atoms with E-state index in [2.05, 4.69) is 20.8 Å². The number of rotatable bonds is 30. The molecule has 0 aliphatic heterocycles. The molecule has 6 heteroatoms. The molecule has 0 spiro atoms. The smallest absolute Gasteiger partial charge is 0.394 e. The number of unbranched alkanes of at least 4 members (excludes halogenated alkanes) is 20. The second-order valence-electron chi connectivity index (χ2n) is 13.0. The summed E-state index contributed by atoms with van der Waals surface area (Å²) in [5.74, 6) is -3.22. The Hall–Kier alpha value is -1.14. The second kappa shape index (κ2) is 26.5. The maximum absolute atomic E-state index is 12.6. The zero-order chi connectivity index (χ0) is 30.7. The van der Waals surface area contributed by atoms with Crippen LogP contribution in [0.4, 0.5) is 0 Å². The Bertz CT molecular complexity index is 582. The van der Waals surface area contributed by atoms with Crippen LogP contribution < -0.4 is 0 Å². The van der Waals surface area contributed by atoms with Gasteiger partial charge >= 0.3 is 17.9 Å². The Morgan fingerprint density at radius 1 is 0.512 bits per heavy atom. The van der Waals surface area contributed by atoms with Gasteiger partial charge in [0, 0.05) is 12.8 Å². The number of hydrogen-bond donors (Lipinski definition) is 1. The molecule has 0 radical (unpaired) electrons. The second-order valence-corrected chi connectivity index (χ2v) is 13.0. The molecule has 1 N–H and O–H groups in total. The number of hydrogen-bond acceptors (Lipinski definition) is 5. The van der Waals surface area contributed by atoms with Crippen molar-refractivity contribution < 1.29 is 28.7 Å². The minimum atomic E-state index is -2.22. The van der Waals surface area contributed by atoms with Gasteiger partial charge in [0.1, 0.15) is 0 Å². The van der Waals surface area contributed by atoms with Gasteiger partial charge in [-0.15, -0.1) is 0 Å². The fourth-order valence-electron chi connectivity index (χ4n) is 5.64. The lowest BCUT2D eigenvalue weighted by Crippen LogP contribution is -2.56. The Morgan fingerprint density at radius 2 is 0.805 bits per heavy atom. The van der Waals surface area contributed by atoms with Gasteiger partial charge in [-0.3, -0.25) is 9.59 Å². The topological polar surface area (TPSA) is 72.8 Å². The van der Waals surface area contributed by atoms with Gasteiger partial charge in [0.05, 0.1) is 20.6 Å². The van der Waals surface area contributed by atoms with E-state index in [0.717, 1.165) is 51.5 Å². The van der Waals surface area contributed by atoms with Gasteiger partial charge < -0.3 is 19.1 Å². The van der Waals surface area contributed by atoms with E-state index >= 15 is 0 Å². The maximum atomic E-state index is 12.6. The van der Waals surface area contributed by atoms with Crippen LogP contribution in [0, 0.1) is 0 Å². The lowest BCUT2D eigenvalue weighted by atomic mass is 10.1. The van der Waals surface area contributed by atoms with Crippen molar-refractivity contribution >= 4 is 11.9 Å². The van der Waals surface area contributed by atoms with Crippen LogP contribution in [0.2, 0.25) is 0 Å².